The minimum absolute atomic E-state index is 0.137. The number of aryl methyl sites for hydroxylation is 2. The van der Waals surface area contributed by atoms with Crippen molar-refractivity contribution >= 4 is 33.0 Å². The Morgan fingerprint density at radius 3 is 2.50 bits per heavy atom. The SMILES string of the molecule is CCc1c(C)nc2sc(C(=O)c3ccc(OC)c(OC)c3)c(N)c2c1C. The normalized spacial score (nSPS) is 11.0. The molecule has 0 amide bonds. The molecule has 0 atom stereocenters. The molecule has 0 spiro atoms. The van der Waals surface area contributed by atoms with E-state index in [1.807, 2.05) is 13.8 Å². The largest absolute Gasteiger partial charge is 0.493 e. The molecule has 0 unspecified atom stereocenters. The Labute approximate surface area is 156 Å². The molecule has 3 aromatic rings. The van der Waals surface area contributed by atoms with Crippen LogP contribution in [-0.2, 0) is 6.42 Å². The number of hydrogen-bond donors (Lipinski definition) is 1. The van der Waals surface area contributed by atoms with Gasteiger partial charge < -0.3 is 15.2 Å². The molecular formula is C20H22N2O3S. The molecule has 6 heteroatoms. The lowest BCUT2D eigenvalue weighted by Gasteiger charge is -2.09. The maximum absolute atomic E-state index is 13.1. The number of benzene rings is 1. The summed E-state index contributed by atoms with van der Waals surface area (Å²) >= 11 is 1.34. The second-order valence-corrected chi connectivity index (χ2v) is 7.08. The third kappa shape index (κ3) is 2.80. The van der Waals surface area contributed by atoms with Gasteiger partial charge >= 0.3 is 0 Å². The summed E-state index contributed by atoms with van der Waals surface area (Å²) in [6, 6.07) is 5.11. The summed E-state index contributed by atoms with van der Waals surface area (Å²) in [5.41, 5.74) is 10.7. The summed E-state index contributed by atoms with van der Waals surface area (Å²) in [5.74, 6) is 0.951. The van der Waals surface area contributed by atoms with E-state index in [0.29, 0.717) is 27.6 Å². The van der Waals surface area contributed by atoms with Crippen molar-refractivity contribution in [1.29, 1.82) is 0 Å². The van der Waals surface area contributed by atoms with Crippen LogP contribution in [0.5, 0.6) is 11.5 Å². The average Bonchev–Trinajstić information content (AvgIpc) is 2.97. The number of nitrogen functional groups attached to an aromatic ring is 1. The Balaban J connectivity index is 2.15. The van der Waals surface area contributed by atoms with Crippen LogP contribution in [0.4, 0.5) is 5.69 Å². The van der Waals surface area contributed by atoms with E-state index in [-0.39, 0.29) is 5.78 Å². The lowest BCUT2D eigenvalue weighted by molar-refractivity contribution is 0.104. The molecular weight excluding hydrogens is 348 g/mol. The molecule has 0 fully saturated rings. The second kappa shape index (κ2) is 6.96. The first-order chi connectivity index (χ1) is 12.4. The summed E-state index contributed by atoms with van der Waals surface area (Å²) in [6.07, 6.45) is 0.884. The third-order valence-electron chi connectivity index (χ3n) is 4.67. The van der Waals surface area contributed by atoms with Crippen molar-refractivity contribution in [2.45, 2.75) is 27.2 Å². The van der Waals surface area contributed by atoms with Gasteiger partial charge in [-0.05, 0) is 49.6 Å². The van der Waals surface area contributed by atoms with Gasteiger partial charge in [0.25, 0.3) is 0 Å². The number of nitrogens with two attached hydrogens (primary N) is 1. The van der Waals surface area contributed by atoms with Crippen molar-refractivity contribution in [3.63, 3.8) is 0 Å². The first-order valence-corrected chi connectivity index (χ1v) is 9.19. The Morgan fingerprint density at radius 2 is 1.88 bits per heavy atom. The van der Waals surface area contributed by atoms with Crippen molar-refractivity contribution in [2.24, 2.45) is 0 Å². The first kappa shape index (κ1) is 18.2. The van der Waals surface area contributed by atoms with E-state index in [0.717, 1.165) is 27.9 Å². The number of aromatic nitrogens is 1. The molecule has 136 valence electrons. The fourth-order valence-electron chi connectivity index (χ4n) is 3.31. The number of thiophene rings is 1. The maximum Gasteiger partial charge on any atom is 0.205 e. The number of rotatable bonds is 5. The van der Waals surface area contributed by atoms with Crippen LogP contribution in [0.25, 0.3) is 10.2 Å². The van der Waals surface area contributed by atoms with Gasteiger partial charge in [-0.1, -0.05) is 6.92 Å². The highest BCUT2D eigenvalue weighted by molar-refractivity contribution is 7.21. The van der Waals surface area contributed by atoms with Crippen LogP contribution in [-0.4, -0.2) is 25.0 Å². The molecule has 5 nitrogen and oxygen atoms in total. The Kier molecular flexibility index (Phi) is 4.87. The van der Waals surface area contributed by atoms with Crippen molar-refractivity contribution in [3.8, 4) is 11.5 Å². The van der Waals surface area contributed by atoms with Gasteiger partial charge in [0.1, 0.15) is 9.71 Å². The van der Waals surface area contributed by atoms with E-state index in [1.54, 1.807) is 32.4 Å². The van der Waals surface area contributed by atoms with Crippen molar-refractivity contribution in [2.75, 3.05) is 20.0 Å². The number of ketones is 1. The van der Waals surface area contributed by atoms with Crippen LogP contribution >= 0.6 is 11.3 Å². The topological polar surface area (TPSA) is 74.4 Å². The summed E-state index contributed by atoms with van der Waals surface area (Å²) in [6.45, 7) is 6.14. The van der Waals surface area contributed by atoms with Crippen LogP contribution in [0.3, 0.4) is 0 Å². The van der Waals surface area contributed by atoms with E-state index in [1.165, 1.54) is 16.9 Å². The lowest BCUT2D eigenvalue weighted by Crippen LogP contribution is -2.03. The molecule has 2 heterocycles. The number of fused-ring (bicyclic) bond motifs is 1. The van der Waals surface area contributed by atoms with Crippen molar-refractivity contribution in [1.82, 2.24) is 4.98 Å². The fraction of sp³-hybridized carbons (Fsp3) is 0.300. The molecule has 0 aliphatic heterocycles. The molecule has 0 radical (unpaired) electrons. The predicted octanol–water partition coefficient (Wildman–Crippen LogP) is 4.31. The van der Waals surface area contributed by atoms with E-state index in [2.05, 4.69) is 11.9 Å². The Hall–Kier alpha value is -2.60. The minimum atomic E-state index is -0.137. The summed E-state index contributed by atoms with van der Waals surface area (Å²) in [4.78, 5) is 19.0. The average molecular weight is 370 g/mol. The molecule has 0 saturated heterocycles. The number of ether oxygens (including phenoxy) is 2. The number of pyridine rings is 1. The van der Waals surface area contributed by atoms with E-state index < -0.39 is 0 Å². The summed E-state index contributed by atoms with van der Waals surface area (Å²) in [7, 11) is 3.10. The Morgan fingerprint density at radius 1 is 1.19 bits per heavy atom. The van der Waals surface area contributed by atoms with Gasteiger partial charge in [0.05, 0.1) is 19.9 Å². The third-order valence-corrected chi connectivity index (χ3v) is 5.76. The number of carbonyl (C=O) groups is 1. The van der Waals surface area contributed by atoms with Crippen molar-refractivity contribution < 1.29 is 14.3 Å². The molecule has 3 rings (SSSR count). The number of anilines is 1. The van der Waals surface area contributed by atoms with Gasteiger partial charge in [0.2, 0.25) is 5.78 Å². The Bertz CT molecular complexity index is 1010. The maximum atomic E-state index is 13.1. The zero-order valence-electron chi connectivity index (χ0n) is 15.6. The molecule has 2 aromatic heterocycles. The molecule has 2 N–H and O–H groups in total. The first-order valence-electron chi connectivity index (χ1n) is 8.37. The van der Waals surface area contributed by atoms with Crippen LogP contribution in [0.1, 0.15) is 39.0 Å². The van der Waals surface area contributed by atoms with Gasteiger partial charge in [0.15, 0.2) is 11.5 Å². The summed E-state index contributed by atoms with van der Waals surface area (Å²) < 4.78 is 10.5. The molecule has 0 saturated carbocycles. The van der Waals surface area contributed by atoms with Gasteiger partial charge in [-0.3, -0.25) is 4.79 Å². The monoisotopic (exact) mass is 370 g/mol. The zero-order chi connectivity index (χ0) is 19.0. The van der Waals surface area contributed by atoms with Gasteiger partial charge in [0, 0.05) is 16.6 Å². The standard InChI is InChI=1S/C20H22N2O3S/c1-6-13-10(2)16-17(21)19(26-20(16)22-11(13)3)18(23)12-7-8-14(24-4)15(9-12)25-5/h7-9H,6,21H2,1-5H3. The van der Waals surface area contributed by atoms with Crippen LogP contribution in [0.15, 0.2) is 18.2 Å². The second-order valence-electron chi connectivity index (χ2n) is 6.08. The van der Waals surface area contributed by atoms with Gasteiger partial charge in [-0.25, -0.2) is 4.98 Å². The molecule has 0 aliphatic carbocycles. The quantitative estimate of drug-likeness (QED) is 0.678. The molecule has 26 heavy (non-hydrogen) atoms. The van der Waals surface area contributed by atoms with Crippen molar-refractivity contribution in [3.05, 3.63) is 45.5 Å². The number of hydrogen-bond acceptors (Lipinski definition) is 6. The minimum Gasteiger partial charge on any atom is -0.493 e. The highest BCUT2D eigenvalue weighted by Crippen LogP contribution is 2.38. The fourth-order valence-corrected chi connectivity index (χ4v) is 4.48. The van der Waals surface area contributed by atoms with Gasteiger partial charge in [-0.2, -0.15) is 0 Å². The van der Waals surface area contributed by atoms with E-state index >= 15 is 0 Å². The number of carbonyl (C=O) groups excluding carboxylic acids is 1. The number of methoxy groups -OCH3 is 2. The predicted molar refractivity (Wildman–Crippen MR) is 106 cm³/mol. The molecule has 0 bridgehead atoms. The molecule has 1 aromatic carbocycles. The lowest BCUT2D eigenvalue weighted by atomic mass is 10.0. The van der Waals surface area contributed by atoms with E-state index in [4.69, 9.17) is 15.2 Å². The highest BCUT2D eigenvalue weighted by atomic mass is 32.1. The summed E-state index contributed by atoms with van der Waals surface area (Å²) in [5, 5.41) is 0.890. The number of nitrogens with zero attached hydrogens (tertiary/aromatic N) is 1. The zero-order valence-corrected chi connectivity index (χ0v) is 16.4. The van der Waals surface area contributed by atoms with Gasteiger partial charge in [-0.15, -0.1) is 11.3 Å². The highest BCUT2D eigenvalue weighted by Gasteiger charge is 2.22. The molecule has 0 aliphatic rings. The van der Waals surface area contributed by atoms with E-state index in [9.17, 15) is 4.79 Å². The smallest absolute Gasteiger partial charge is 0.205 e. The van der Waals surface area contributed by atoms with Crippen LogP contribution < -0.4 is 15.2 Å². The van der Waals surface area contributed by atoms with Crippen LogP contribution in [0.2, 0.25) is 0 Å². The van der Waals surface area contributed by atoms with Crippen LogP contribution in [0, 0.1) is 13.8 Å².